The summed E-state index contributed by atoms with van der Waals surface area (Å²) in [5, 5.41) is 3.55. The maximum absolute atomic E-state index is 4.56. The van der Waals surface area contributed by atoms with Crippen LogP contribution in [0.15, 0.2) is 18.6 Å². The molecule has 3 heterocycles. The van der Waals surface area contributed by atoms with Gasteiger partial charge in [0.05, 0.1) is 5.69 Å². The van der Waals surface area contributed by atoms with E-state index in [9.17, 15) is 0 Å². The molecule has 0 aromatic carbocycles. The second-order valence-electron chi connectivity index (χ2n) is 4.92. The molecule has 2 aromatic heterocycles. The number of imidazole rings is 1. The van der Waals surface area contributed by atoms with Crippen molar-refractivity contribution in [3.05, 3.63) is 29.8 Å². The van der Waals surface area contributed by atoms with Crippen molar-refractivity contribution < 1.29 is 0 Å². The molecule has 0 aliphatic carbocycles. The predicted molar refractivity (Wildman–Crippen MR) is 67.1 cm³/mol. The number of nitrogens with one attached hydrogen (secondary N) is 1. The second-order valence-corrected chi connectivity index (χ2v) is 4.92. The van der Waals surface area contributed by atoms with Gasteiger partial charge in [0.15, 0.2) is 0 Å². The highest BCUT2D eigenvalue weighted by Gasteiger charge is 2.14. The van der Waals surface area contributed by atoms with Gasteiger partial charge in [0.1, 0.15) is 0 Å². The van der Waals surface area contributed by atoms with E-state index < -0.39 is 0 Å². The van der Waals surface area contributed by atoms with Crippen LogP contribution in [0.1, 0.15) is 30.5 Å². The Balaban J connectivity index is 1.80. The zero-order chi connectivity index (χ0) is 11.7. The third kappa shape index (κ3) is 2.31. The van der Waals surface area contributed by atoms with E-state index in [4.69, 9.17) is 0 Å². The smallest absolute Gasteiger partial charge is 0.233 e. The van der Waals surface area contributed by atoms with Gasteiger partial charge in [0.2, 0.25) is 5.78 Å². The van der Waals surface area contributed by atoms with Crippen LogP contribution in [-0.4, -0.2) is 27.0 Å². The van der Waals surface area contributed by atoms with Gasteiger partial charge in [-0.15, -0.1) is 0 Å². The maximum atomic E-state index is 4.56. The van der Waals surface area contributed by atoms with Gasteiger partial charge in [0.25, 0.3) is 0 Å². The molecule has 1 aliphatic heterocycles. The van der Waals surface area contributed by atoms with Crippen molar-refractivity contribution in [2.24, 2.45) is 0 Å². The van der Waals surface area contributed by atoms with Crippen LogP contribution >= 0.6 is 0 Å². The number of aromatic nitrogens is 3. The number of rotatable bonds is 2. The molecule has 1 atom stereocenters. The van der Waals surface area contributed by atoms with Crippen molar-refractivity contribution in [1.82, 2.24) is 19.7 Å². The first-order valence-electron chi connectivity index (χ1n) is 6.35. The van der Waals surface area contributed by atoms with Crippen LogP contribution in [0.25, 0.3) is 5.78 Å². The predicted octanol–water partition coefficient (Wildman–Crippen LogP) is 1.72. The first-order chi connectivity index (χ1) is 8.31. The highest BCUT2D eigenvalue weighted by atomic mass is 15.1. The summed E-state index contributed by atoms with van der Waals surface area (Å²) in [7, 11) is 0. The Labute approximate surface area is 101 Å². The minimum Gasteiger partial charge on any atom is -0.314 e. The first-order valence-corrected chi connectivity index (χ1v) is 6.35. The lowest BCUT2D eigenvalue weighted by Gasteiger charge is -2.22. The van der Waals surface area contributed by atoms with Crippen molar-refractivity contribution in [2.45, 2.75) is 38.6 Å². The Morgan fingerprint density at radius 3 is 3.18 bits per heavy atom. The molecule has 1 fully saturated rings. The molecule has 1 saturated heterocycles. The Hall–Kier alpha value is -1.42. The van der Waals surface area contributed by atoms with E-state index in [0.717, 1.165) is 30.0 Å². The Morgan fingerprint density at radius 2 is 2.35 bits per heavy atom. The van der Waals surface area contributed by atoms with Gasteiger partial charge in [-0.05, 0) is 31.9 Å². The fourth-order valence-electron chi connectivity index (χ4n) is 2.49. The zero-order valence-electron chi connectivity index (χ0n) is 10.2. The molecule has 1 aliphatic rings. The van der Waals surface area contributed by atoms with Crippen molar-refractivity contribution in [1.29, 1.82) is 0 Å². The van der Waals surface area contributed by atoms with Crippen LogP contribution in [0.3, 0.4) is 0 Å². The molecule has 17 heavy (non-hydrogen) atoms. The summed E-state index contributed by atoms with van der Waals surface area (Å²) >= 11 is 0. The van der Waals surface area contributed by atoms with E-state index in [1.165, 1.54) is 19.3 Å². The van der Waals surface area contributed by atoms with E-state index >= 15 is 0 Å². The molecule has 4 nitrogen and oxygen atoms in total. The van der Waals surface area contributed by atoms with Crippen LogP contribution in [0, 0.1) is 6.92 Å². The first kappa shape index (κ1) is 10.7. The Bertz CT molecular complexity index is 511. The second kappa shape index (κ2) is 4.45. The molecule has 1 unspecified atom stereocenters. The van der Waals surface area contributed by atoms with E-state index in [1.807, 2.05) is 10.6 Å². The summed E-state index contributed by atoms with van der Waals surface area (Å²) < 4.78 is 2.02. The van der Waals surface area contributed by atoms with Gasteiger partial charge in [-0.3, -0.25) is 4.40 Å². The van der Waals surface area contributed by atoms with Gasteiger partial charge in [0, 0.05) is 31.1 Å². The lowest BCUT2D eigenvalue weighted by Crippen LogP contribution is -2.35. The average Bonchev–Trinajstić information content (AvgIpc) is 2.71. The largest absolute Gasteiger partial charge is 0.314 e. The van der Waals surface area contributed by atoms with Gasteiger partial charge >= 0.3 is 0 Å². The summed E-state index contributed by atoms with van der Waals surface area (Å²) in [6, 6.07) is 0.592. The third-order valence-electron chi connectivity index (χ3n) is 3.36. The van der Waals surface area contributed by atoms with Gasteiger partial charge in [-0.25, -0.2) is 9.97 Å². The lowest BCUT2D eigenvalue weighted by molar-refractivity contribution is 0.397. The average molecular weight is 230 g/mol. The maximum Gasteiger partial charge on any atom is 0.233 e. The number of fused-ring (bicyclic) bond motifs is 1. The standard InChI is InChI=1S/C13H18N4/c1-10-7-15-13-16-12(9-17(13)8-10)6-11-4-2-3-5-14-11/h7-9,11,14H,2-6H2,1H3. The van der Waals surface area contributed by atoms with Gasteiger partial charge < -0.3 is 5.32 Å². The van der Waals surface area contributed by atoms with Crippen molar-refractivity contribution in [3.8, 4) is 0 Å². The Kier molecular flexibility index (Phi) is 2.81. The molecule has 4 heteroatoms. The molecule has 3 rings (SSSR count). The van der Waals surface area contributed by atoms with Gasteiger partial charge in [-0.1, -0.05) is 6.42 Å². The third-order valence-corrected chi connectivity index (χ3v) is 3.36. The minimum absolute atomic E-state index is 0.592. The normalized spacial score (nSPS) is 20.9. The van der Waals surface area contributed by atoms with E-state index in [-0.39, 0.29) is 0 Å². The quantitative estimate of drug-likeness (QED) is 0.854. The molecule has 90 valence electrons. The molecule has 2 aromatic rings. The summed E-state index contributed by atoms with van der Waals surface area (Å²) in [6.45, 7) is 3.20. The minimum atomic E-state index is 0.592. The lowest BCUT2D eigenvalue weighted by atomic mass is 10.0. The number of hydrogen-bond acceptors (Lipinski definition) is 3. The molecule has 0 amide bonds. The van der Waals surface area contributed by atoms with E-state index in [0.29, 0.717) is 6.04 Å². The van der Waals surface area contributed by atoms with Crippen LogP contribution in [0.2, 0.25) is 0 Å². The van der Waals surface area contributed by atoms with Crippen molar-refractivity contribution in [2.75, 3.05) is 6.54 Å². The number of piperidine rings is 1. The van der Waals surface area contributed by atoms with Crippen LogP contribution < -0.4 is 5.32 Å². The Morgan fingerprint density at radius 1 is 1.41 bits per heavy atom. The summed E-state index contributed by atoms with van der Waals surface area (Å²) in [5.74, 6) is 0.807. The zero-order valence-corrected chi connectivity index (χ0v) is 10.2. The van der Waals surface area contributed by atoms with Crippen LogP contribution in [0.4, 0.5) is 0 Å². The van der Waals surface area contributed by atoms with E-state index in [2.05, 4.69) is 34.6 Å². The van der Waals surface area contributed by atoms with Crippen LogP contribution in [-0.2, 0) is 6.42 Å². The highest BCUT2D eigenvalue weighted by Crippen LogP contribution is 2.13. The molecule has 0 bridgehead atoms. The van der Waals surface area contributed by atoms with Gasteiger partial charge in [-0.2, -0.15) is 0 Å². The van der Waals surface area contributed by atoms with Crippen molar-refractivity contribution >= 4 is 5.78 Å². The van der Waals surface area contributed by atoms with E-state index in [1.54, 1.807) is 0 Å². The topological polar surface area (TPSA) is 42.2 Å². The molecular formula is C13H18N4. The molecule has 0 radical (unpaired) electrons. The van der Waals surface area contributed by atoms with Crippen molar-refractivity contribution in [3.63, 3.8) is 0 Å². The van der Waals surface area contributed by atoms with Crippen LogP contribution in [0.5, 0.6) is 0 Å². The SMILES string of the molecule is Cc1cnc2nc(CC3CCCCN3)cn2c1. The fraction of sp³-hybridized carbons (Fsp3) is 0.538. The molecule has 0 saturated carbocycles. The summed E-state index contributed by atoms with van der Waals surface area (Å²) in [4.78, 5) is 8.89. The monoisotopic (exact) mass is 230 g/mol. The molecule has 0 spiro atoms. The highest BCUT2D eigenvalue weighted by molar-refractivity contribution is 5.31. The number of hydrogen-bond donors (Lipinski definition) is 1. The number of aryl methyl sites for hydroxylation is 1. The summed E-state index contributed by atoms with van der Waals surface area (Å²) in [6.07, 6.45) is 11.0. The molecular weight excluding hydrogens is 212 g/mol. The molecule has 1 N–H and O–H groups in total. The number of nitrogens with zero attached hydrogens (tertiary/aromatic N) is 3. The fourth-order valence-corrected chi connectivity index (χ4v) is 2.49. The summed E-state index contributed by atoms with van der Waals surface area (Å²) in [5.41, 5.74) is 2.31.